The fourth-order valence-electron chi connectivity index (χ4n) is 3.85. The topological polar surface area (TPSA) is 71.1 Å². The van der Waals surface area contributed by atoms with Crippen molar-refractivity contribution in [3.63, 3.8) is 0 Å². The fourth-order valence-corrected chi connectivity index (χ4v) is 3.85. The predicted octanol–water partition coefficient (Wildman–Crippen LogP) is 2.11. The Morgan fingerprint density at radius 2 is 2.00 bits per heavy atom. The van der Waals surface area contributed by atoms with Gasteiger partial charge < -0.3 is 18.9 Å². The van der Waals surface area contributed by atoms with Crippen LogP contribution in [0.5, 0.6) is 0 Å². The molecule has 0 N–H and O–H groups in total. The van der Waals surface area contributed by atoms with Gasteiger partial charge in [0, 0.05) is 26.4 Å². The monoisotopic (exact) mass is 324 g/mol. The third kappa shape index (κ3) is 2.31. The molecule has 6 heteroatoms. The van der Waals surface area contributed by atoms with Crippen molar-refractivity contribution in [3.8, 4) is 0 Å². The summed E-state index contributed by atoms with van der Waals surface area (Å²) in [6.07, 6.45) is 0.743. The summed E-state index contributed by atoms with van der Waals surface area (Å²) in [5.74, 6) is -1.08. The summed E-state index contributed by atoms with van der Waals surface area (Å²) in [6, 6.07) is 0. The molecule has 0 aromatic heterocycles. The number of hydrogen-bond acceptors (Lipinski definition) is 6. The molecule has 0 bridgehead atoms. The van der Waals surface area contributed by atoms with Gasteiger partial charge in [0.2, 0.25) is 5.60 Å². The van der Waals surface area contributed by atoms with Crippen LogP contribution in [0.15, 0.2) is 11.3 Å². The average Bonchev–Trinajstić information content (AvgIpc) is 2.86. The molecule has 3 atom stereocenters. The van der Waals surface area contributed by atoms with Crippen molar-refractivity contribution in [2.24, 2.45) is 5.41 Å². The molecule has 1 fully saturated rings. The molecule has 0 radical (unpaired) electrons. The van der Waals surface area contributed by atoms with E-state index in [1.165, 1.54) is 7.11 Å². The van der Waals surface area contributed by atoms with E-state index in [4.69, 9.17) is 18.9 Å². The van der Waals surface area contributed by atoms with Gasteiger partial charge in [-0.05, 0) is 19.3 Å². The van der Waals surface area contributed by atoms with Gasteiger partial charge in [0.15, 0.2) is 11.6 Å². The third-order valence-electron chi connectivity index (χ3n) is 4.89. The summed E-state index contributed by atoms with van der Waals surface area (Å²) in [7, 11) is 1.51. The van der Waals surface area contributed by atoms with Gasteiger partial charge >= 0.3 is 5.97 Å². The smallest absolute Gasteiger partial charge is 0.347 e. The van der Waals surface area contributed by atoms with Crippen molar-refractivity contribution in [3.05, 3.63) is 11.3 Å². The molecular formula is C17H24O6. The van der Waals surface area contributed by atoms with E-state index in [2.05, 4.69) is 0 Å². The molecule has 128 valence electrons. The van der Waals surface area contributed by atoms with Crippen LogP contribution in [0.25, 0.3) is 0 Å². The third-order valence-corrected chi connectivity index (χ3v) is 4.89. The Bertz CT molecular complexity index is 592. The van der Waals surface area contributed by atoms with Crippen LogP contribution in [0.2, 0.25) is 0 Å². The average molecular weight is 324 g/mol. The molecule has 1 unspecified atom stereocenters. The molecule has 0 aromatic carbocycles. The van der Waals surface area contributed by atoms with Gasteiger partial charge in [-0.15, -0.1) is 0 Å². The molecule has 0 saturated carbocycles. The number of ketones is 1. The van der Waals surface area contributed by atoms with Gasteiger partial charge in [-0.25, -0.2) is 4.79 Å². The molecular weight excluding hydrogens is 300 g/mol. The van der Waals surface area contributed by atoms with Crippen LogP contribution >= 0.6 is 0 Å². The van der Waals surface area contributed by atoms with Crippen LogP contribution in [0, 0.1) is 5.41 Å². The summed E-state index contributed by atoms with van der Waals surface area (Å²) in [5.41, 5.74) is -1.35. The van der Waals surface area contributed by atoms with Crippen molar-refractivity contribution in [1.82, 2.24) is 0 Å². The zero-order valence-corrected chi connectivity index (χ0v) is 14.4. The number of ether oxygens (including phenoxy) is 4. The van der Waals surface area contributed by atoms with Gasteiger partial charge in [0.05, 0.1) is 12.2 Å². The Labute approximate surface area is 136 Å². The Kier molecular flexibility index (Phi) is 3.61. The van der Waals surface area contributed by atoms with E-state index in [9.17, 15) is 9.59 Å². The van der Waals surface area contributed by atoms with Crippen LogP contribution < -0.4 is 0 Å². The van der Waals surface area contributed by atoms with Gasteiger partial charge in [-0.3, -0.25) is 4.79 Å². The van der Waals surface area contributed by atoms with Gasteiger partial charge in [0.25, 0.3) is 0 Å². The highest BCUT2D eigenvalue weighted by atomic mass is 16.7. The second-order valence-corrected chi connectivity index (χ2v) is 7.45. The molecule has 3 rings (SSSR count). The largest absolute Gasteiger partial charge is 0.490 e. The lowest BCUT2D eigenvalue weighted by Crippen LogP contribution is -2.51. The van der Waals surface area contributed by atoms with E-state index in [1.54, 1.807) is 13.8 Å². The lowest BCUT2D eigenvalue weighted by molar-refractivity contribution is -0.228. The van der Waals surface area contributed by atoms with Crippen LogP contribution in [0.1, 0.15) is 47.0 Å². The maximum atomic E-state index is 12.8. The first kappa shape index (κ1) is 16.5. The Hall–Kier alpha value is -1.40. The second kappa shape index (κ2) is 5.05. The molecule has 0 spiro atoms. The van der Waals surface area contributed by atoms with E-state index in [-0.39, 0.29) is 17.8 Å². The second-order valence-electron chi connectivity index (χ2n) is 7.45. The maximum absolute atomic E-state index is 12.8. The first-order chi connectivity index (χ1) is 10.7. The van der Waals surface area contributed by atoms with Crippen LogP contribution in [0.4, 0.5) is 0 Å². The molecule has 1 aliphatic carbocycles. The van der Waals surface area contributed by atoms with Crippen molar-refractivity contribution < 1.29 is 28.5 Å². The van der Waals surface area contributed by atoms with Crippen LogP contribution in [-0.4, -0.2) is 43.0 Å². The minimum atomic E-state index is -1.50. The number of Topliss-reactive ketones (excluding diaryl/α,β-unsaturated/α-hetero) is 1. The summed E-state index contributed by atoms with van der Waals surface area (Å²) >= 11 is 0. The Morgan fingerprint density at radius 1 is 1.30 bits per heavy atom. The SMILES string of the molecule is CCOC(=O)[C@]12OC(C)(OC)C[C@H]1OC1=C2C(=O)CC(C)(C)C1. The molecule has 2 heterocycles. The number of allylic oxidation sites excluding steroid dienone is 1. The van der Waals surface area contributed by atoms with Gasteiger partial charge in [0.1, 0.15) is 11.9 Å². The number of carbonyl (C=O) groups excluding carboxylic acids is 2. The van der Waals surface area contributed by atoms with Crippen molar-refractivity contribution in [2.75, 3.05) is 13.7 Å². The van der Waals surface area contributed by atoms with Gasteiger partial charge in [-0.1, -0.05) is 13.8 Å². The van der Waals surface area contributed by atoms with E-state index < -0.39 is 23.5 Å². The number of esters is 1. The van der Waals surface area contributed by atoms with Crippen molar-refractivity contribution >= 4 is 11.8 Å². The molecule has 0 aromatic rings. The standard InChI is InChI=1S/C17H24O6/c1-6-21-14(19)17-12(9-16(4,20-5)23-17)22-11-8-15(2,3)7-10(18)13(11)17/h12H,6-9H2,1-5H3/t12-,16?,17+/m1/s1. The van der Waals surface area contributed by atoms with Crippen LogP contribution in [-0.2, 0) is 28.5 Å². The maximum Gasteiger partial charge on any atom is 0.347 e. The first-order valence-corrected chi connectivity index (χ1v) is 8.03. The lowest BCUT2D eigenvalue weighted by atomic mass is 9.73. The Balaban J connectivity index is 2.09. The predicted molar refractivity (Wildman–Crippen MR) is 80.4 cm³/mol. The molecule has 3 aliphatic rings. The number of methoxy groups -OCH3 is 1. The highest BCUT2D eigenvalue weighted by Crippen LogP contribution is 2.55. The molecule has 1 saturated heterocycles. The summed E-state index contributed by atoms with van der Waals surface area (Å²) < 4.78 is 22.7. The van der Waals surface area contributed by atoms with Crippen molar-refractivity contribution in [2.45, 2.75) is 64.4 Å². The minimum absolute atomic E-state index is 0.104. The van der Waals surface area contributed by atoms with Crippen LogP contribution in [0.3, 0.4) is 0 Å². The molecule has 6 nitrogen and oxygen atoms in total. The highest BCUT2D eigenvalue weighted by Gasteiger charge is 2.70. The normalized spacial score (nSPS) is 38.1. The highest BCUT2D eigenvalue weighted by molar-refractivity contribution is 6.07. The number of rotatable bonds is 3. The fraction of sp³-hybridized carbons (Fsp3) is 0.765. The lowest BCUT2D eigenvalue weighted by Gasteiger charge is -2.34. The minimum Gasteiger partial charge on any atom is -0.490 e. The van der Waals surface area contributed by atoms with E-state index in [1.807, 2.05) is 13.8 Å². The van der Waals surface area contributed by atoms with E-state index in [0.717, 1.165) is 0 Å². The summed E-state index contributed by atoms with van der Waals surface area (Å²) in [4.78, 5) is 25.5. The Morgan fingerprint density at radius 3 is 2.61 bits per heavy atom. The quantitative estimate of drug-likeness (QED) is 0.741. The zero-order chi connectivity index (χ0) is 17.0. The molecule has 0 amide bonds. The summed E-state index contributed by atoms with van der Waals surface area (Å²) in [6.45, 7) is 7.72. The van der Waals surface area contributed by atoms with Crippen molar-refractivity contribution in [1.29, 1.82) is 0 Å². The summed E-state index contributed by atoms with van der Waals surface area (Å²) in [5, 5.41) is 0. The van der Waals surface area contributed by atoms with E-state index >= 15 is 0 Å². The number of fused-ring (bicyclic) bond motifs is 2. The zero-order valence-electron chi connectivity index (χ0n) is 14.4. The van der Waals surface area contributed by atoms with Gasteiger partial charge in [-0.2, -0.15) is 0 Å². The molecule has 23 heavy (non-hydrogen) atoms. The number of hydrogen-bond donors (Lipinski definition) is 0. The van der Waals surface area contributed by atoms with E-state index in [0.29, 0.717) is 30.6 Å². The first-order valence-electron chi connectivity index (χ1n) is 8.03. The molecule has 2 aliphatic heterocycles. The number of carbonyl (C=O) groups is 2.